The second kappa shape index (κ2) is 9.02. The van der Waals surface area contributed by atoms with Gasteiger partial charge in [0.05, 0.1) is 17.6 Å². The summed E-state index contributed by atoms with van der Waals surface area (Å²) in [4.78, 5) is 13.0. The van der Waals surface area contributed by atoms with Crippen LogP contribution >= 0.6 is 0 Å². The quantitative estimate of drug-likeness (QED) is 0.510. The molecule has 0 fully saturated rings. The second-order valence-electron chi connectivity index (χ2n) is 8.27. The maximum absolute atomic E-state index is 13.1. The molecule has 8 heteroatoms. The number of ether oxygens (including phenoxy) is 2. The van der Waals surface area contributed by atoms with Crippen molar-refractivity contribution >= 4 is 21.6 Å². The summed E-state index contributed by atoms with van der Waals surface area (Å²) in [6.45, 7) is 6.20. The molecule has 0 atom stereocenters. The first-order valence-corrected chi connectivity index (χ1v) is 11.4. The van der Waals surface area contributed by atoms with E-state index in [1.807, 2.05) is 12.1 Å². The third kappa shape index (κ3) is 5.66. The first-order valence-electron chi connectivity index (χ1n) is 9.88. The Hall–Kier alpha value is -3.36. The first kappa shape index (κ1) is 23.3. The number of sulfonamides is 1. The number of hydrogen-bond donors (Lipinski definition) is 2. The van der Waals surface area contributed by atoms with E-state index in [1.165, 1.54) is 18.2 Å². The Morgan fingerprint density at radius 2 is 1.62 bits per heavy atom. The maximum atomic E-state index is 13.1. The van der Waals surface area contributed by atoms with E-state index in [2.05, 4.69) is 26.1 Å². The monoisotopic (exact) mass is 460 g/mol. The molecule has 0 aliphatic carbocycles. The zero-order chi connectivity index (χ0) is 23.5. The highest BCUT2D eigenvalue weighted by atomic mass is 32.2. The van der Waals surface area contributed by atoms with Crippen LogP contribution in [0.3, 0.4) is 0 Å². The maximum Gasteiger partial charge on any atom is 0.259 e. The van der Waals surface area contributed by atoms with E-state index in [9.17, 15) is 13.2 Å². The summed E-state index contributed by atoms with van der Waals surface area (Å²) in [6, 6.07) is 18.2. The lowest BCUT2D eigenvalue weighted by Crippen LogP contribution is -2.16. The molecule has 0 saturated heterocycles. The molecule has 0 unspecified atom stereocenters. The van der Waals surface area contributed by atoms with Gasteiger partial charge in [-0.15, -0.1) is 0 Å². The fourth-order valence-corrected chi connectivity index (χ4v) is 3.54. The van der Waals surface area contributed by atoms with Crippen LogP contribution in [0.25, 0.3) is 0 Å². The lowest BCUT2D eigenvalue weighted by atomic mass is 9.86. The molecule has 3 rings (SSSR count). The molecule has 0 saturated carbocycles. The van der Waals surface area contributed by atoms with Gasteiger partial charge in [-0.3, -0.25) is 4.79 Å². The smallest absolute Gasteiger partial charge is 0.259 e. The van der Waals surface area contributed by atoms with Gasteiger partial charge in [0.2, 0.25) is 10.0 Å². The fraction of sp³-hybridized carbons (Fsp3) is 0.208. The van der Waals surface area contributed by atoms with Crippen LogP contribution < -0.4 is 19.9 Å². The van der Waals surface area contributed by atoms with Crippen molar-refractivity contribution in [3.8, 4) is 17.2 Å². The Labute approximate surface area is 192 Å². The summed E-state index contributed by atoms with van der Waals surface area (Å²) in [7, 11) is -2.31. The summed E-state index contributed by atoms with van der Waals surface area (Å²) in [6.07, 6.45) is 0. The molecule has 0 spiro atoms. The summed E-state index contributed by atoms with van der Waals surface area (Å²) in [5.74, 6) is 1.17. The molecule has 0 aliphatic heterocycles. The van der Waals surface area contributed by atoms with Crippen LogP contribution in [0.2, 0.25) is 0 Å². The number of anilines is 1. The summed E-state index contributed by atoms with van der Waals surface area (Å²) >= 11 is 0. The zero-order valence-corrected chi connectivity index (χ0v) is 19.2. The van der Waals surface area contributed by atoms with Gasteiger partial charge in [-0.2, -0.15) is 0 Å². The average Bonchev–Trinajstić information content (AvgIpc) is 2.73. The first-order chi connectivity index (χ1) is 15.0. The van der Waals surface area contributed by atoms with Crippen molar-refractivity contribution in [1.82, 2.24) is 0 Å². The molecule has 7 nitrogen and oxygen atoms in total. The van der Waals surface area contributed by atoms with Crippen molar-refractivity contribution in [2.45, 2.75) is 31.1 Å². The number of amides is 1. The van der Waals surface area contributed by atoms with Crippen molar-refractivity contribution in [3.05, 3.63) is 77.9 Å². The van der Waals surface area contributed by atoms with Crippen molar-refractivity contribution in [1.29, 1.82) is 0 Å². The number of nitrogens with one attached hydrogen (secondary N) is 1. The standard InChI is InChI=1S/C24H26N2O5S.3H2/c1-24(2,3)16-8-13-21(22(14-16)31-19-11-9-18(30-4)10-12-19)23(27)26-17-6-5-7-20(15-17)32(25,28)29;;;/h5-15H,1-4H3,(H,26,27)(H2,25,28,29);3*1H. The molecule has 1 amide bonds. The minimum absolute atomic E-state index is 0. The highest BCUT2D eigenvalue weighted by Gasteiger charge is 2.20. The van der Waals surface area contributed by atoms with Gasteiger partial charge in [-0.1, -0.05) is 32.9 Å². The Morgan fingerprint density at radius 3 is 2.22 bits per heavy atom. The molecule has 3 N–H and O–H groups in total. The van der Waals surface area contributed by atoms with E-state index in [4.69, 9.17) is 14.6 Å². The van der Waals surface area contributed by atoms with Crippen LogP contribution in [0.15, 0.2) is 71.6 Å². The average molecular weight is 461 g/mol. The minimum atomic E-state index is -3.89. The predicted octanol–water partition coefficient (Wildman–Crippen LogP) is 5.42. The Kier molecular flexibility index (Phi) is 6.57. The van der Waals surface area contributed by atoms with Gasteiger partial charge in [-0.25, -0.2) is 13.6 Å². The van der Waals surface area contributed by atoms with Crippen LogP contribution in [0.4, 0.5) is 5.69 Å². The molecule has 0 bridgehead atoms. The van der Waals surface area contributed by atoms with Gasteiger partial charge >= 0.3 is 0 Å². The van der Waals surface area contributed by atoms with Gasteiger partial charge in [0, 0.05) is 9.97 Å². The number of methoxy groups -OCH3 is 1. The van der Waals surface area contributed by atoms with Gasteiger partial charge in [-0.05, 0) is 65.6 Å². The molecule has 32 heavy (non-hydrogen) atoms. The van der Waals surface area contributed by atoms with Crippen molar-refractivity contribution < 1.29 is 27.0 Å². The van der Waals surface area contributed by atoms with Crippen LogP contribution in [0, 0.1) is 0 Å². The van der Waals surface area contributed by atoms with Gasteiger partial charge < -0.3 is 14.8 Å². The minimum Gasteiger partial charge on any atom is -0.497 e. The van der Waals surface area contributed by atoms with E-state index in [0.29, 0.717) is 28.5 Å². The Morgan fingerprint density at radius 1 is 0.969 bits per heavy atom. The van der Waals surface area contributed by atoms with Crippen LogP contribution in [-0.4, -0.2) is 21.4 Å². The zero-order valence-electron chi connectivity index (χ0n) is 18.4. The molecular formula is C24H32N2O5S. The number of carbonyl (C=O) groups is 1. The van der Waals surface area contributed by atoms with Crippen molar-refractivity contribution in [2.75, 3.05) is 12.4 Å². The Balaban J connectivity index is 0.00000385. The lowest BCUT2D eigenvalue weighted by molar-refractivity contribution is 0.102. The molecule has 0 aromatic heterocycles. The topological polar surface area (TPSA) is 108 Å². The van der Waals surface area contributed by atoms with Gasteiger partial charge in [0.1, 0.15) is 17.2 Å². The molecule has 0 aliphatic rings. The van der Waals surface area contributed by atoms with E-state index < -0.39 is 15.9 Å². The van der Waals surface area contributed by atoms with Crippen LogP contribution in [0.1, 0.15) is 41.0 Å². The normalized spacial score (nSPS) is 11.7. The molecular weight excluding hydrogens is 428 g/mol. The molecule has 3 aromatic rings. The molecule has 174 valence electrons. The number of rotatable bonds is 6. The second-order valence-corrected chi connectivity index (χ2v) is 9.83. The summed E-state index contributed by atoms with van der Waals surface area (Å²) < 4.78 is 34.4. The van der Waals surface area contributed by atoms with Crippen LogP contribution in [0.5, 0.6) is 17.2 Å². The molecule has 0 radical (unpaired) electrons. The van der Waals surface area contributed by atoms with Gasteiger partial charge in [0.25, 0.3) is 5.91 Å². The number of carbonyl (C=O) groups excluding carboxylic acids is 1. The summed E-state index contributed by atoms with van der Waals surface area (Å²) in [5, 5.41) is 7.90. The number of benzene rings is 3. The van der Waals surface area contributed by atoms with Crippen LogP contribution in [-0.2, 0) is 15.4 Å². The predicted molar refractivity (Wildman–Crippen MR) is 130 cm³/mol. The third-order valence-electron chi connectivity index (χ3n) is 4.80. The lowest BCUT2D eigenvalue weighted by Gasteiger charge is -2.21. The van der Waals surface area contributed by atoms with E-state index in [1.54, 1.807) is 43.5 Å². The van der Waals surface area contributed by atoms with Crippen molar-refractivity contribution in [2.24, 2.45) is 5.14 Å². The number of hydrogen-bond acceptors (Lipinski definition) is 5. The van der Waals surface area contributed by atoms with E-state index in [-0.39, 0.29) is 14.6 Å². The fourth-order valence-electron chi connectivity index (χ4n) is 2.98. The van der Waals surface area contributed by atoms with E-state index in [0.717, 1.165) is 5.56 Å². The summed E-state index contributed by atoms with van der Waals surface area (Å²) in [5.41, 5.74) is 1.44. The van der Waals surface area contributed by atoms with Crippen molar-refractivity contribution in [3.63, 3.8) is 0 Å². The molecule has 0 heterocycles. The highest BCUT2D eigenvalue weighted by molar-refractivity contribution is 7.89. The highest BCUT2D eigenvalue weighted by Crippen LogP contribution is 2.33. The largest absolute Gasteiger partial charge is 0.497 e. The molecule has 3 aromatic carbocycles. The SMILES string of the molecule is COc1ccc(Oc2cc(C(C)(C)C)ccc2C(=O)Nc2cccc(S(N)(=O)=O)c2)cc1.[HH].[HH].[HH]. The van der Waals surface area contributed by atoms with Gasteiger partial charge in [0.15, 0.2) is 0 Å². The Bertz CT molecular complexity index is 1240. The third-order valence-corrected chi connectivity index (χ3v) is 5.71. The number of nitrogens with two attached hydrogens (primary N) is 1. The number of primary sulfonamides is 1. The van der Waals surface area contributed by atoms with E-state index >= 15 is 0 Å².